The quantitative estimate of drug-likeness (QED) is 0.865. The van der Waals surface area contributed by atoms with Crippen LogP contribution in [0.5, 0.6) is 0 Å². The number of carbonyl (C=O) groups is 1. The monoisotopic (exact) mass is 338 g/mol. The molecule has 0 aliphatic carbocycles. The molecular weight excluding hydrogens is 321 g/mol. The number of benzene rings is 1. The molecule has 1 saturated heterocycles. The van der Waals surface area contributed by atoms with E-state index in [4.69, 9.17) is 0 Å². The number of alkyl halides is 3. The molecule has 2 aromatic rings. The van der Waals surface area contributed by atoms with Gasteiger partial charge in [-0.25, -0.2) is 9.67 Å². The van der Waals surface area contributed by atoms with E-state index in [1.54, 1.807) is 22.0 Å². The molecule has 0 radical (unpaired) electrons. The molecule has 2 heterocycles. The number of nitrogens with zero attached hydrogens (tertiary/aromatic N) is 4. The fraction of sp³-hybridized carbons (Fsp3) is 0.438. The molecule has 1 aromatic carbocycles. The fourth-order valence-corrected chi connectivity index (χ4v) is 2.95. The lowest BCUT2D eigenvalue weighted by molar-refractivity contribution is -0.138. The summed E-state index contributed by atoms with van der Waals surface area (Å²) in [5.41, 5.74) is -0.357. The minimum absolute atomic E-state index is 0.0337. The molecule has 1 aromatic heterocycles. The molecule has 3 rings (SSSR count). The highest BCUT2D eigenvalue weighted by molar-refractivity contribution is 5.79. The number of likely N-dealkylation sites (tertiary alicyclic amines) is 1. The van der Waals surface area contributed by atoms with Crippen molar-refractivity contribution in [2.24, 2.45) is 0 Å². The molecule has 1 aliphatic rings. The first kappa shape index (κ1) is 16.5. The molecule has 1 atom stereocenters. The van der Waals surface area contributed by atoms with Crippen LogP contribution < -0.4 is 0 Å². The zero-order valence-electron chi connectivity index (χ0n) is 12.9. The van der Waals surface area contributed by atoms with Gasteiger partial charge in [0.25, 0.3) is 0 Å². The van der Waals surface area contributed by atoms with E-state index >= 15 is 0 Å². The average molecular weight is 338 g/mol. The lowest BCUT2D eigenvalue weighted by atomic mass is 10.0. The second kappa shape index (κ2) is 6.62. The summed E-state index contributed by atoms with van der Waals surface area (Å²) >= 11 is 0. The van der Waals surface area contributed by atoms with E-state index in [1.807, 2.05) is 0 Å². The second-order valence-corrected chi connectivity index (χ2v) is 5.89. The van der Waals surface area contributed by atoms with E-state index < -0.39 is 11.7 Å². The number of hydrogen-bond acceptors (Lipinski definition) is 3. The molecule has 1 unspecified atom stereocenters. The predicted molar refractivity (Wildman–Crippen MR) is 80.0 cm³/mol. The van der Waals surface area contributed by atoms with Gasteiger partial charge in [0, 0.05) is 13.1 Å². The van der Waals surface area contributed by atoms with Crippen molar-refractivity contribution in [3.05, 3.63) is 48.0 Å². The lowest BCUT2D eigenvalue weighted by Gasteiger charge is -2.32. The molecule has 24 heavy (non-hydrogen) atoms. The van der Waals surface area contributed by atoms with Crippen molar-refractivity contribution < 1.29 is 18.0 Å². The first-order valence-electron chi connectivity index (χ1n) is 7.71. The number of carbonyl (C=O) groups excluding carboxylic acids is 1. The normalized spacial score (nSPS) is 18.6. The summed E-state index contributed by atoms with van der Waals surface area (Å²) in [4.78, 5) is 18.0. The lowest BCUT2D eigenvalue weighted by Crippen LogP contribution is -2.41. The van der Waals surface area contributed by atoms with Crippen molar-refractivity contribution in [1.29, 1.82) is 0 Å². The largest absolute Gasteiger partial charge is 0.416 e. The van der Waals surface area contributed by atoms with Gasteiger partial charge in [-0.15, -0.1) is 0 Å². The van der Waals surface area contributed by atoms with Gasteiger partial charge in [-0.2, -0.15) is 18.3 Å². The van der Waals surface area contributed by atoms with Crippen molar-refractivity contribution in [2.45, 2.75) is 31.5 Å². The van der Waals surface area contributed by atoms with E-state index in [0.29, 0.717) is 18.7 Å². The Balaban J connectivity index is 1.66. The van der Waals surface area contributed by atoms with Crippen LogP contribution in [0.2, 0.25) is 0 Å². The van der Waals surface area contributed by atoms with Crippen LogP contribution in [0.4, 0.5) is 13.2 Å². The second-order valence-electron chi connectivity index (χ2n) is 5.89. The molecule has 8 heteroatoms. The number of piperidine rings is 1. The number of halogens is 3. The molecule has 0 N–H and O–H groups in total. The van der Waals surface area contributed by atoms with Crippen molar-refractivity contribution in [3.63, 3.8) is 0 Å². The van der Waals surface area contributed by atoms with Gasteiger partial charge >= 0.3 is 6.18 Å². The van der Waals surface area contributed by atoms with Gasteiger partial charge in [-0.3, -0.25) is 4.79 Å². The maximum atomic E-state index is 12.8. The van der Waals surface area contributed by atoms with Crippen LogP contribution in [0.25, 0.3) is 0 Å². The van der Waals surface area contributed by atoms with Crippen molar-refractivity contribution in [3.8, 4) is 0 Å². The van der Waals surface area contributed by atoms with Crippen LogP contribution >= 0.6 is 0 Å². The van der Waals surface area contributed by atoms with Crippen molar-refractivity contribution in [1.82, 2.24) is 19.7 Å². The summed E-state index contributed by atoms with van der Waals surface area (Å²) in [6.07, 6.45) is 0.362. The van der Waals surface area contributed by atoms with Gasteiger partial charge in [-0.05, 0) is 24.5 Å². The maximum absolute atomic E-state index is 12.8. The molecule has 1 fully saturated rings. The Morgan fingerprint density at radius 3 is 2.88 bits per heavy atom. The molecule has 0 spiro atoms. The smallest absolute Gasteiger partial charge is 0.340 e. The number of aromatic nitrogens is 3. The van der Waals surface area contributed by atoms with Crippen LogP contribution in [0, 0.1) is 0 Å². The van der Waals surface area contributed by atoms with Crippen LogP contribution in [-0.4, -0.2) is 38.7 Å². The summed E-state index contributed by atoms with van der Waals surface area (Å²) in [6, 6.07) is 4.99. The third-order valence-corrected chi connectivity index (χ3v) is 4.17. The Kier molecular flexibility index (Phi) is 4.55. The van der Waals surface area contributed by atoms with Crippen molar-refractivity contribution in [2.75, 3.05) is 13.1 Å². The first-order chi connectivity index (χ1) is 11.4. The zero-order valence-corrected chi connectivity index (χ0v) is 12.9. The Morgan fingerprint density at radius 1 is 1.33 bits per heavy atom. The molecule has 5 nitrogen and oxygen atoms in total. The highest BCUT2D eigenvalue weighted by atomic mass is 19.4. The molecule has 0 saturated carbocycles. The van der Waals surface area contributed by atoms with Crippen molar-refractivity contribution >= 4 is 5.91 Å². The van der Waals surface area contributed by atoms with E-state index in [2.05, 4.69) is 10.1 Å². The van der Waals surface area contributed by atoms with Gasteiger partial charge < -0.3 is 4.90 Å². The van der Waals surface area contributed by atoms with E-state index in [9.17, 15) is 18.0 Å². The Bertz CT molecular complexity index is 700. The standard InChI is InChI=1S/C16H17F3N4O/c17-16(18,19)13-4-1-3-12(7-13)8-15(24)22-6-2-5-14(9-22)23-11-20-10-21-23/h1,3-4,7,10-11,14H,2,5-6,8-9H2. The van der Waals surface area contributed by atoms with Crippen LogP contribution in [0.1, 0.15) is 30.0 Å². The summed E-state index contributed by atoms with van der Waals surface area (Å²) in [5, 5.41) is 4.10. The third kappa shape index (κ3) is 3.74. The molecule has 128 valence electrons. The minimum atomic E-state index is -4.40. The molecular formula is C16H17F3N4O. The van der Waals surface area contributed by atoms with E-state index in [-0.39, 0.29) is 18.4 Å². The third-order valence-electron chi connectivity index (χ3n) is 4.17. The average Bonchev–Trinajstić information content (AvgIpc) is 3.09. The first-order valence-corrected chi connectivity index (χ1v) is 7.71. The summed E-state index contributed by atoms with van der Waals surface area (Å²) in [6.45, 7) is 1.12. The Hall–Kier alpha value is -2.38. The highest BCUT2D eigenvalue weighted by Gasteiger charge is 2.31. The molecule has 1 amide bonds. The van der Waals surface area contributed by atoms with Crippen LogP contribution in [0.3, 0.4) is 0 Å². The molecule has 1 aliphatic heterocycles. The summed E-state index contributed by atoms with van der Waals surface area (Å²) < 4.78 is 40.0. The van der Waals surface area contributed by atoms with E-state index in [1.165, 1.54) is 12.4 Å². The van der Waals surface area contributed by atoms with Gasteiger partial charge in [0.05, 0.1) is 18.0 Å². The highest BCUT2D eigenvalue weighted by Crippen LogP contribution is 2.30. The summed E-state index contributed by atoms with van der Waals surface area (Å²) in [5.74, 6) is -0.167. The Labute approximate surface area is 137 Å². The molecule has 0 bridgehead atoms. The predicted octanol–water partition coefficient (Wildman–Crippen LogP) is 2.70. The maximum Gasteiger partial charge on any atom is 0.416 e. The fourth-order valence-electron chi connectivity index (χ4n) is 2.95. The minimum Gasteiger partial charge on any atom is -0.340 e. The van der Waals surface area contributed by atoms with Gasteiger partial charge in [0.2, 0.25) is 5.91 Å². The number of amides is 1. The topological polar surface area (TPSA) is 51.0 Å². The Morgan fingerprint density at radius 2 is 2.17 bits per heavy atom. The van der Waals surface area contributed by atoms with Crippen LogP contribution in [-0.2, 0) is 17.4 Å². The van der Waals surface area contributed by atoms with Gasteiger partial charge in [-0.1, -0.05) is 18.2 Å². The SMILES string of the molecule is O=C(Cc1cccc(C(F)(F)F)c1)N1CCCC(n2cncn2)C1. The number of rotatable bonds is 3. The van der Waals surface area contributed by atoms with Gasteiger partial charge in [0.15, 0.2) is 0 Å². The van der Waals surface area contributed by atoms with E-state index in [0.717, 1.165) is 25.0 Å². The zero-order chi connectivity index (χ0) is 17.2. The van der Waals surface area contributed by atoms with Gasteiger partial charge in [0.1, 0.15) is 12.7 Å². The number of hydrogen-bond donors (Lipinski definition) is 0. The summed E-state index contributed by atoms with van der Waals surface area (Å²) in [7, 11) is 0. The van der Waals surface area contributed by atoms with Crippen LogP contribution in [0.15, 0.2) is 36.9 Å².